The number of sulfone groups is 1. The van der Waals surface area contributed by atoms with Crippen molar-refractivity contribution < 1.29 is 8.42 Å². The number of rotatable bonds is 2. The summed E-state index contributed by atoms with van der Waals surface area (Å²) in [5.74, 6) is 0.454. The molecule has 0 aliphatic rings. The summed E-state index contributed by atoms with van der Waals surface area (Å²) >= 11 is 6.19. The van der Waals surface area contributed by atoms with E-state index in [0.717, 1.165) is 10.9 Å². The quantitative estimate of drug-likeness (QED) is 0.515. The highest BCUT2D eigenvalue weighted by Gasteiger charge is 2.14. The molecule has 0 fully saturated rings. The average Bonchev–Trinajstić information content (AvgIpc) is 3.00. The average molecular weight is 359 g/mol. The third-order valence-corrected chi connectivity index (χ3v) is 5.05. The van der Waals surface area contributed by atoms with Gasteiger partial charge < -0.3 is 0 Å². The van der Waals surface area contributed by atoms with Crippen LogP contribution in [-0.2, 0) is 9.84 Å². The molecule has 0 saturated carbocycles. The molecule has 0 saturated heterocycles. The van der Waals surface area contributed by atoms with Crippen molar-refractivity contribution in [3.05, 3.63) is 53.8 Å². The topological polar surface area (TPSA) is 77.2 Å². The Morgan fingerprint density at radius 1 is 1.00 bits per heavy atom. The van der Waals surface area contributed by atoms with Gasteiger partial charge in [-0.05, 0) is 48.0 Å². The van der Waals surface area contributed by atoms with Crippen LogP contribution in [0.15, 0.2) is 53.4 Å². The molecule has 2 aromatic heterocycles. The van der Waals surface area contributed by atoms with E-state index < -0.39 is 9.84 Å². The molecule has 0 unspecified atom stereocenters. The van der Waals surface area contributed by atoms with Gasteiger partial charge in [-0.25, -0.2) is 18.4 Å². The van der Waals surface area contributed by atoms with Gasteiger partial charge in [0.15, 0.2) is 21.3 Å². The van der Waals surface area contributed by atoms with Gasteiger partial charge in [0.05, 0.1) is 10.4 Å². The van der Waals surface area contributed by atoms with Crippen molar-refractivity contribution in [2.75, 3.05) is 6.26 Å². The third kappa shape index (κ3) is 2.42. The van der Waals surface area contributed by atoms with Gasteiger partial charge in [-0.3, -0.25) is 0 Å². The number of nitrogens with zero attached hydrogens (tertiary/aromatic N) is 4. The first-order chi connectivity index (χ1) is 11.4. The summed E-state index contributed by atoms with van der Waals surface area (Å²) in [6.07, 6.45) is 1.17. The van der Waals surface area contributed by atoms with Gasteiger partial charge in [0, 0.05) is 17.2 Å². The first kappa shape index (κ1) is 15.0. The highest BCUT2D eigenvalue weighted by molar-refractivity contribution is 7.90. The van der Waals surface area contributed by atoms with Gasteiger partial charge in [-0.1, -0.05) is 12.1 Å². The number of aromatic nitrogens is 4. The standard InChI is InChI=1S/C16H11ClN4O2S/c1-24(22,23)11-8-6-10(7-9-11)14-19-15-12-4-2-3-5-13(12)18-16(17)21(15)20-14/h2-9H,1H3. The smallest absolute Gasteiger partial charge is 0.224 e. The zero-order valence-corrected chi connectivity index (χ0v) is 14.1. The summed E-state index contributed by atoms with van der Waals surface area (Å²) in [6, 6.07) is 14.0. The van der Waals surface area contributed by atoms with Crippen LogP contribution in [-0.4, -0.2) is 34.3 Å². The summed E-state index contributed by atoms with van der Waals surface area (Å²) in [7, 11) is -3.24. The van der Waals surface area contributed by atoms with Crippen LogP contribution in [0.5, 0.6) is 0 Å². The van der Waals surface area contributed by atoms with Crippen molar-refractivity contribution in [3.63, 3.8) is 0 Å². The molecule has 0 radical (unpaired) electrons. The third-order valence-electron chi connectivity index (χ3n) is 3.68. The number of para-hydroxylation sites is 1. The van der Waals surface area contributed by atoms with Crippen molar-refractivity contribution in [1.29, 1.82) is 0 Å². The lowest BCUT2D eigenvalue weighted by atomic mass is 10.2. The molecule has 0 bridgehead atoms. The number of fused-ring (bicyclic) bond motifs is 3. The largest absolute Gasteiger partial charge is 0.226 e. The molecule has 24 heavy (non-hydrogen) atoms. The molecule has 120 valence electrons. The van der Waals surface area contributed by atoms with E-state index >= 15 is 0 Å². The SMILES string of the molecule is CS(=O)(=O)c1ccc(-c2nc3c4ccccc4nc(Cl)n3n2)cc1. The highest BCUT2D eigenvalue weighted by atomic mass is 35.5. The van der Waals surface area contributed by atoms with Gasteiger partial charge in [-0.2, -0.15) is 4.52 Å². The van der Waals surface area contributed by atoms with E-state index in [1.165, 1.54) is 22.9 Å². The molecule has 0 aliphatic heterocycles. The second kappa shape index (κ2) is 5.25. The minimum absolute atomic E-state index is 0.218. The zero-order valence-electron chi connectivity index (χ0n) is 12.5. The second-order valence-corrected chi connectivity index (χ2v) is 7.72. The van der Waals surface area contributed by atoms with Crippen LogP contribution in [0.3, 0.4) is 0 Å². The van der Waals surface area contributed by atoms with Crippen LogP contribution in [0, 0.1) is 0 Å². The first-order valence-electron chi connectivity index (χ1n) is 7.05. The van der Waals surface area contributed by atoms with Gasteiger partial charge in [0.1, 0.15) is 0 Å². The maximum Gasteiger partial charge on any atom is 0.226 e. The highest BCUT2D eigenvalue weighted by Crippen LogP contribution is 2.24. The molecule has 0 N–H and O–H groups in total. The fourth-order valence-corrected chi connectivity index (χ4v) is 3.33. The van der Waals surface area contributed by atoms with Crippen LogP contribution in [0.2, 0.25) is 5.28 Å². The monoisotopic (exact) mass is 358 g/mol. The van der Waals surface area contributed by atoms with Crippen LogP contribution in [0.25, 0.3) is 27.9 Å². The Balaban J connectivity index is 1.92. The van der Waals surface area contributed by atoms with Crippen LogP contribution >= 0.6 is 11.6 Å². The lowest BCUT2D eigenvalue weighted by molar-refractivity contribution is 0.602. The molecular weight excluding hydrogens is 348 g/mol. The Hall–Kier alpha value is -2.51. The predicted octanol–water partition coefficient (Wildman–Crippen LogP) is 3.00. The molecule has 6 nitrogen and oxygen atoms in total. The number of benzene rings is 2. The van der Waals surface area contributed by atoms with E-state index in [4.69, 9.17) is 11.6 Å². The van der Waals surface area contributed by atoms with Crippen molar-refractivity contribution in [2.45, 2.75) is 4.90 Å². The normalized spacial score (nSPS) is 12.1. The van der Waals surface area contributed by atoms with E-state index in [9.17, 15) is 8.42 Å². The van der Waals surface area contributed by atoms with Gasteiger partial charge in [0.2, 0.25) is 5.28 Å². The first-order valence-corrected chi connectivity index (χ1v) is 9.32. The Labute approximate surface area is 142 Å². The molecule has 0 spiro atoms. The predicted molar refractivity (Wildman–Crippen MR) is 91.8 cm³/mol. The van der Waals surface area contributed by atoms with E-state index in [1.54, 1.807) is 12.1 Å². The van der Waals surface area contributed by atoms with Gasteiger partial charge >= 0.3 is 0 Å². The number of hydrogen-bond donors (Lipinski definition) is 0. The molecule has 4 rings (SSSR count). The van der Waals surface area contributed by atoms with Crippen molar-refractivity contribution in [3.8, 4) is 11.4 Å². The van der Waals surface area contributed by atoms with Crippen molar-refractivity contribution in [1.82, 2.24) is 19.6 Å². The Bertz CT molecular complexity index is 1180. The summed E-state index contributed by atoms with van der Waals surface area (Å²) in [4.78, 5) is 9.10. The van der Waals surface area contributed by atoms with Gasteiger partial charge in [0.25, 0.3) is 0 Å². The molecule has 0 amide bonds. The molecular formula is C16H11ClN4O2S. The summed E-state index contributed by atoms with van der Waals surface area (Å²) in [5.41, 5.74) is 2.04. The lowest BCUT2D eigenvalue weighted by Crippen LogP contribution is -1.96. The Morgan fingerprint density at radius 3 is 2.42 bits per heavy atom. The molecule has 2 heterocycles. The Kier molecular flexibility index (Phi) is 3.29. The molecule has 2 aromatic carbocycles. The minimum atomic E-state index is -3.24. The number of hydrogen-bond acceptors (Lipinski definition) is 5. The van der Waals surface area contributed by atoms with Crippen LogP contribution in [0.4, 0.5) is 0 Å². The fraction of sp³-hybridized carbons (Fsp3) is 0.0625. The van der Waals surface area contributed by atoms with Crippen molar-refractivity contribution in [2.24, 2.45) is 0 Å². The molecule has 0 atom stereocenters. The lowest BCUT2D eigenvalue weighted by Gasteiger charge is -1.99. The maximum atomic E-state index is 11.6. The molecule has 8 heteroatoms. The summed E-state index contributed by atoms with van der Waals surface area (Å²) < 4.78 is 24.6. The summed E-state index contributed by atoms with van der Waals surface area (Å²) in [5, 5.41) is 5.45. The molecule has 4 aromatic rings. The van der Waals surface area contributed by atoms with E-state index in [0.29, 0.717) is 17.0 Å². The second-order valence-electron chi connectivity index (χ2n) is 5.37. The van der Waals surface area contributed by atoms with Crippen LogP contribution < -0.4 is 0 Å². The van der Waals surface area contributed by atoms with Crippen molar-refractivity contribution >= 4 is 38.0 Å². The van der Waals surface area contributed by atoms with E-state index in [-0.39, 0.29) is 10.2 Å². The minimum Gasteiger partial charge on any atom is -0.224 e. The van der Waals surface area contributed by atoms with Crippen LogP contribution in [0.1, 0.15) is 0 Å². The fourth-order valence-electron chi connectivity index (χ4n) is 2.50. The summed E-state index contributed by atoms with van der Waals surface area (Å²) in [6.45, 7) is 0. The maximum absolute atomic E-state index is 11.6. The Morgan fingerprint density at radius 2 is 1.71 bits per heavy atom. The van der Waals surface area contributed by atoms with E-state index in [2.05, 4.69) is 15.1 Å². The zero-order chi connectivity index (χ0) is 16.9. The molecule has 0 aliphatic carbocycles. The number of halogens is 1. The van der Waals surface area contributed by atoms with E-state index in [1.807, 2.05) is 24.3 Å². The van der Waals surface area contributed by atoms with Gasteiger partial charge in [-0.15, -0.1) is 5.10 Å².